The van der Waals surface area contributed by atoms with Crippen molar-refractivity contribution in [1.82, 2.24) is 0 Å². The van der Waals surface area contributed by atoms with Crippen molar-refractivity contribution in [3.05, 3.63) is 60.4 Å². The highest BCUT2D eigenvalue weighted by molar-refractivity contribution is 6.42. The van der Waals surface area contributed by atoms with Crippen LogP contribution in [0.5, 0.6) is 0 Å². The Bertz CT molecular complexity index is 583. The number of carbonyl (C=O) groups is 1. The molecule has 0 fully saturated rings. The molecule has 0 aliphatic heterocycles. The number of ether oxygens (including phenoxy) is 1. The fourth-order valence-electron chi connectivity index (χ4n) is 1.59. The van der Waals surface area contributed by atoms with E-state index in [0.717, 1.165) is 5.69 Å². The molecule has 0 saturated carbocycles. The first-order chi connectivity index (χ1) is 9.81. The van der Waals surface area contributed by atoms with Crippen molar-refractivity contribution in [3.63, 3.8) is 0 Å². The lowest BCUT2D eigenvalue weighted by molar-refractivity contribution is -0.380. The minimum Gasteiger partial charge on any atom is -0.461 e. The maximum absolute atomic E-state index is 12.0. The maximum Gasteiger partial charge on any atom is 0.365 e. The minimum absolute atomic E-state index is 0.205. The first kappa shape index (κ1) is 13.7. The normalized spacial score (nSPS) is 10.9. The van der Waals surface area contributed by atoms with Crippen molar-refractivity contribution in [2.24, 2.45) is 5.10 Å². The summed E-state index contributed by atoms with van der Waals surface area (Å²) >= 11 is 0. The van der Waals surface area contributed by atoms with Crippen molar-refractivity contribution in [2.45, 2.75) is 6.92 Å². The van der Waals surface area contributed by atoms with Crippen LogP contribution in [0.25, 0.3) is 0 Å². The van der Waals surface area contributed by atoms with Crippen molar-refractivity contribution < 1.29 is 14.5 Å². The summed E-state index contributed by atoms with van der Waals surface area (Å²) in [5.74, 6) is -0.474. The van der Waals surface area contributed by atoms with E-state index in [4.69, 9.17) is 4.74 Å². The molecule has 0 radical (unpaired) electrons. The standard InChI is InChI=1S/C15H15N3O2/c1-2-20-15(19)14(13-10-6-7-11-16-13)18-17-12-8-4-3-5-9-12/h3-11,17H,2H2,1H3/p+1/b18-14-. The molecule has 0 atom stereocenters. The lowest BCUT2D eigenvalue weighted by Crippen LogP contribution is -2.27. The van der Waals surface area contributed by atoms with Crippen LogP contribution in [0.15, 0.2) is 59.8 Å². The number of para-hydroxylation sites is 1. The SMILES string of the molecule is CCOC(=O)/C(=N\Nc1ccccc1)c1cccc[nH+]1. The van der Waals surface area contributed by atoms with E-state index in [1.165, 1.54) is 0 Å². The van der Waals surface area contributed by atoms with Crippen molar-refractivity contribution >= 4 is 17.4 Å². The number of hydrazone groups is 1. The summed E-state index contributed by atoms with van der Waals surface area (Å²) in [6, 6.07) is 14.8. The van der Waals surface area contributed by atoms with Crippen LogP contribution in [0.1, 0.15) is 12.6 Å². The summed E-state index contributed by atoms with van der Waals surface area (Å²) in [6.07, 6.45) is 1.73. The van der Waals surface area contributed by atoms with E-state index < -0.39 is 5.97 Å². The molecule has 1 aromatic heterocycles. The zero-order chi connectivity index (χ0) is 14.2. The molecule has 0 saturated heterocycles. The third kappa shape index (κ3) is 3.65. The quantitative estimate of drug-likeness (QED) is 0.512. The van der Waals surface area contributed by atoms with Gasteiger partial charge in [-0.1, -0.05) is 18.2 Å². The summed E-state index contributed by atoms with van der Waals surface area (Å²) in [5, 5.41) is 4.14. The first-order valence-electron chi connectivity index (χ1n) is 6.34. The van der Waals surface area contributed by atoms with Crippen molar-refractivity contribution in [2.75, 3.05) is 12.0 Å². The molecule has 20 heavy (non-hydrogen) atoms. The number of aromatic nitrogens is 1. The van der Waals surface area contributed by atoms with Crippen LogP contribution in [0.2, 0.25) is 0 Å². The lowest BCUT2D eigenvalue weighted by Gasteiger charge is -2.04. The monoisotopic (exact) mass is 270 g/mol. The number of hydrogen-bond acceptors (Lipinski definition) is 4. The summed E-state index contributed by atoms with van der Waals surface area (Å²) in [4.78, 5) is 14.9. The van der Waals surface area contributed by atoms with Gasteiger partial charge in [0.2, 0.25) is 11.4 Å². The van der Waals surface area contributed by atoms with Gasteiger partial charge in [0.1, 0.15) is 0 Å². The number of esters is 1. The molecule has 5 heteroatoms. The second-order valence-electron chi connectivity index (χ2n) is 3.93. The van der Waals surface area contributed by atoms with Gasteiger partial charge in [-0.25, -0.2) is 9.78 Å². The molecule has 1 aromatic carbocycles. The number of nitrogens with one attached hydrogen (secondary N) is 2. The Morgan fingerprint density at radius 1 is 1.20 bits per heavy atom. The van der Waals surface area contributed by atoms with Crippen LogP contribution in [-0.4, -0.2) is 18.3 Å². The third-order valence-electron chi connectivity index (χ3n) is 2.50. The molecule has 0 aliphatic carbocycles. The second-order valence-corrected chi connectivity index (χ2v) is 3.93. The molecule has 0 bridgehead atoms. The fraction of sp³-hybridized carbons (Fsp3) is 0.133. The molecule has 2 N–H and O–H groups in total. The van der Waals surface area contributed by atoms with Crippen LogP contribution in [0.4, 0.5) is 5.69 Å². The molecular formula is C15H16N3O2+. The minimum atomic E-state index is -0.474. The summed E-state index contributed by atoms with van der Waals surface area (Å²) < 4.78 is 5.02. The van der Waals surface area contributed by atoms with Gasteiger partial charge in [-0.3, -0.25) is 5.43 Å². The number of benzene rings is 1. The smallest absolute Gasteiger partial charge is 0.365 e. The number of hydrogen-bond donors (Lipinski definition) is 1. The average molecular weight is 270 g/mol. The molecule has 5 nitrogen and oxygen atoms in total. The topological polar surface area (TPSA) is 64.8 Å². The Hall–Kier alpha value is -2.69. The zero-order valence-electron chi connectivity index (χ0n) is 11.2. The highest BCUT2D eigenvalue weighted by Crippen LogP contribution is 2.06. The van der Waals surface area contributed by atoms with E-state index in [9.17, 15) is 4.79 Å². The van der Waals surface area contributed by atoms with Gasteiger partial charge in [0, 0.05) is 12.1 Å². The number of pyridine rings is 1. The molecular weight excluding hydrogens is 254 g/mol. The first-order valence-corrected chi connectivity index (χ1v) is 6.34. The van der Waals surface area contributed by atoms with Gasteiger partial charge in [0.25, 0.3) is 0 Å². The highest BCUT2D eigenvalue weighted by Gasteiger charge is 2.21. The Morgan fingerprint density at radius 3 is 2.60 bits per heavy atom. The lowest BCUT2D eigenvalue weighted by atomic mass is 10.2. The average Bonchev–Trinajstić information content (AvgIpc) is 2.50. The van der Waals surface area contributed by atoms with E-state index in [1.807, 2.05) is 42.5 Å². The number of H-pyrrole nitrogens is 1. The van der Waals surface area contributed by atoms with Gasteiger partial charge in [-0.2, -0.15) is 5.10 Å². The van der Waals surface area contributed by atoms with Gasteiger partial charge < -0.3 is 4.74 Å². The van der Waals surface area contributed by atoms with E-state index in [1.54, 1.807) is 19.2 Å². The summed E-state index contributed by atoms with van der Waals surface area (Å²) in [5.41, 5.74) is 4.44. The third-order valence-corrected chi connectivity index (χ3v) is 2.50. The number of anilines is 1. The van der Waals surface area contributed by atoms with Crippen molar-refractivity contribution in [1.29, 1.82) is 0 Å². The number of rotatable bonds is 5. The van der Waals surface area contributed by atoms with Crippen LogP contribution >= 0.6 is 0 Å². The van der Waals surface area contributed by atoms with Crippen molar-refractivity contribution in [3.8, 4) is 0 Å². The molecule has 0 amide bonds. The van der Waals surface area contributed by atoms with Gasteiger partial charge in [-0.05, 0) is 25.1 Å². The Morgan fingerprint density at radius 2 is 1.95 bits per heavy atom. The number of carbonyl (C=O) groups excluding carboxylic acids is 1. The van der Waals surface area contributed by atoms with Gasteiger partial charge in [-0.15, -0.1) is 0 Å². The Balaban J connectivity index is 2.25. The van der Waals surface area contributed by atoms with E-state index in [-0.39, 0.29) is 5.71 Å². The van der Waals surface area contributed by atoms with E-state index in [0.29, 0.717) is 12.3 Å². The van der Waals surface area contributed by atoms with Crippen LogP contribution in [-0.2, 0) is 9.53 Å². The van der Waals surface area contributed by atoms with Gasteiger partial charge in [0.05, 0.1) is 12.3 Å². The van der Waals surface area contributed by atoms with Gasteiger partial charge >= 0.3 is 5.97 Å². The van der Waals surface area contributed by atoms with E-state index >= 15 is 0 Å². The summed E-state index contributed by atoms with van der Waals surface area (Å²) in [7, 11) is 0. The Labute approximate surface area is 117 Å². The zero-order valence-corrected chi connectivity index (χ0v) is 11.2. The van der Waals surface area contributed by atoms with Gasteiger partial charge in [0.15, 0.2) is 6.20 Å². The molecule has 0 unspecified atom stereocenters. The van der Waals surface area contributed by atoms with Crippen LogP contribution in [0, 0.1) is 0 Å². The predicted octanol–water partition coefficient (Wildman–Crippen LogP) is 1.88. The number of aromatic amines is 1. The maximum atomic E-state index is 12.0. The Kier molecular flexibility index (Phi) is 4.83. The molecule has 0 aliphatic rings. The molecule has 2 rings (SSSR count). The summed E-state index contributed by atoms with van der Waals surface area (Å²) in [6.45, 7) is 2.06. The highest BCUT2D eigenvalue weighted by atomic mass is 16.5. The van der Waals surface area contributed by atoms with E-state index in [2.05, 4.69) is 15.5 Å². The second kappa shape index (κ2) is 7.04. The van der Waals surface area contributed by atoms with Crippen LogP contribution < -0.4 is 10.4 Å². The predicted molar refractivity (Wildman–Crippen MR) is 76.2 cm³/mol. The number of nitrogens with zero attached hydrogens (tertiary/aromatic N) is 1. The fourth-order valence-corrected chi connectivity index (χ4v) is 1.59. The van der Waals surface area contributed by atoms with Crippen LogP contribution in [0.3, 0.4) is 0 Å². The molecule has 102 valence electrons. The largest absolute Gasteiger partial charge is 0.461 e. The molecule has 2 aromatic rings. The molecule has 0 spiro atoms. The molecule has 1 heterocycles.